The molecule has 104 valence electrons. The number of anilines is 1. The lowest BCUT2D eigenvalue weighted by Gasteiger charge is -2.12. The van der Waals surface area contributed by atoms with Crippen LogP contribution >= 0.6 is 0 Å². The lowest BCUT2D eigenvalue weighted by atomic mass is 10.3. The van der Waals surface area contributed by atoms with Gasteiger partial charge in [0.15, 0.2) is 11.5 Å². The maximum absolute atomic E-state index is 12.0. The highest BCUT2D eigenvalue weighted by Gasteiger charge is 2.17. The Kier molecular flexibility index (Phi) is 3.77. The number of nitrogens with one attached hydrogen (secondary N) is 1. The molecule has 0 bridgehead atoms. The Hall–Kier alpha value is -1.60. The Morgan fingerprint density at radius 1 is 1.47 bits per heavy atom. The van der Waals surface area contributed by atoms with Gasteiger partial charge < -0.3 is 9.15 Å². The van der Waals surface area contributed by atoms with Crippen LogP contribution in [0.5, 0.6) is 0 Å². The monoisotopic (exact) mass is 284 g/mol. The minimum absolute atomic E-state index is 0.114. The van der Waals surface area contributed by atoms with Crippen LogP contribution in [0.1, 0.15) is 12.8 Å². The fourth-order valence-corrected chi connectivity index (χ4v) is 3.07. The largest absolute Gasteiger partial charge is 0.441 e. The number of benzene rings is 1. The zero-order valence-corrected chi connectivity index (χ0v) is 11.8. The Balaban J connectivity index is 2.31. The van der Waals surface area contributed by atoms with Gasteiger partial charge in [0.2, 0.25) is 10.0 Å². The summed E-state index contributed by atoms with van der Waals surface area (Å²) in [6.45, 7) is 3.41. The van der Waals surface area contributed by atoms with E-state index >= 15 is 0 Å². The van der Waals surface area contributed by atoms with Gasteiger partial charge in [-0.25, -0.2) is 13.4 Å². The van der Waals surface area contributed by atoms with Crippen LogP contribution in [0.2, 0.25) is 0 Å². The SMILES string of the molecule is COC(C)CS(=O)(=O)Nc1cccc2oc(C)nc12. The summed E-state index contributed by atoms with van der Waals surface area (Å²) in [7, 11) is -2.01. The Bertz CT molecular complexity index is 678. The van der Waals surface area contributed by atoms with E-state index in [1.807, 2.05) is 0 Å². The minimum atomic E-state index is -3.48. The van der Waals surface area contributed by atoms with Crippen molar-refractivity contribution in [3.05, 3.63) is 24.1 Å². The predicted molar refractivity (Wildman–Crippen MR) is 72.6 cm³/mol. The smallest absolute Gasteiger partial charge is 0.235 e. The Morgan fingerprint density at radius 3 is 2.89 bits per heavy atom. The van der Waals surface area contributed by atoms with Gasteiger partial charge in [-0.05, 0) is 19.1 Å². The third-order valence-corrected chi connectivity index (χ3v) is 4.09. The van der Waals surface area contributed by atoms with Crippen molar-refractivity contribution in [1.29, 1.82) is 0 Å². The van der Waals surface area contributed by atoms with Gasteiger partial charge in [-0.3, -0.25) is 4.72 Å². The van der Waals surface area contributed by atoms with Gasteiger partial charge >= 0.3 is 0 Å². The summed E-state index contributed by atoms with van der Waals surface area (Å²) in [5.41, 5.74) is 1.48. The van der Waals surface area contributed by atoms with Gasteiger partial charge in [-0.1, -0.05) is 6.07 Å². The molecule has 0 spiro atoms. The van der Waals surface area contributed by atoms with Gasteiger partial charge in [0.05, 0.1) is 17.5 Å². The number of hydrogen-bond donors (Lipinski definition) is 1. The molecule has 0 fully saturated rings. The van der Waals surface area contributed by atoms with E-state index in [0.717, 1.165) is 0 Å². The van der Waals surface area contributed by atoms with Gasteiger partial charge in [-0.15, -0.1) is 0 Å². The third-order valence-electron chi connectivity index (χ3n) is 2.65. The summed E-state index contributed by atoms with van der Waals surface area (Å²) in [5, 5.41) is 0. The van der Waals surface area contributed by atoms with Gasteiger partial charge in [0, 0.05) is 14.0 Å². The summed E-state index contributed by atoms with van der Waals surface area (Å²) in [5.74, 6) is 0.378. The number of aryl methyl sites for hydroxylation is 1. The molecule has 19 heavy (non-hydrogen) atoms. The van der Waals surface area contributed by atoms with Crippen LogP contribution in [0.15, 0.2) is 22.6 Å². The number of oxazole rings is 1. The quantitative estimate of drug-likeness (QED) is 0.907. The van der Waals surface area contributed by atoms with E-state index in [0.29, 0.717) is 22.7 Å². The summed E-state index contributed by atoms with van der Waals surface area (Å²) >= 11 is 0. The van der Waals surface area contributed by atoms with E-state index in [1.54, 1.807) is 32.0 Å². The van der Waals surface area contributed by atoms with E-state index < -0.39 is 10.0 Å². The summed E-state index contributed by atoms with van der Waals surface area (Å²) < 4.78 is 36.8. The van der Waals surface area contributed by atoms with E-state index in [4.69, 9.17) is 9.15 Å². The molecule has 1 heterocycles. The van der Waals surface area contributed by atoms with E-state index in [2.05, 4.69) is 9.71 Å². The maximum atomic E-state index is 12.0. The zero-order valence-electron chi connectivity index (χ0n) is 11.0. The number of hydrogen-bond acceptors (Lipinski definition) is 5. The van der Waals surface area contributed by atoms with Crippen molar-refractivity contribution in [3.63, 3.8) is 0 Å². The van der Waals surface area contributed by atoms with Crippen LogP contribution in [0, 0.1) is 6.92 Å². The van der Waals surface area contributed by atoms with Crippen molar-refractivity contribution in [3.8, 4) is 0 Å². The Labute approximate surface area is 111 Å². The van der Waals surface area contributed by atoms with Gasteiger partial charge in [0.1, 0.15) is 5.52 Å². The van der Waals surface area contributed by atoms with Crippen molar-refractivity contribution >= 4 is 26.8 Å². The molecule has 0 aliphatic heterocycles. The number of fused-ring (bicyclic) bond motifs is 1. The number of aromatic nitrogens is 1. The highest BCUT2D eigenvalue weighted by atomic mass is 32.2. The van der Waals surface area contributed by atoms with Crippen LogP contribution in [-0.4, -0.2) is 32.4 Å². The van der Waals surface area contributed by atoms with Crippen molar-refractivity contribution < 1.29 is 17.6 Å². The van der Waals surface area contributed by atoms with Gasteiger partial charge in [0.25, 0.3) is 0 Å². The number of methoxy groups -OCH3 is 1. The predicted octanol–water partition coefficient (Wildman–Crippen LogP) is 1.91. The molecule has 0 radical (unpaired) electrons. The number of ether oxygens (including phenoxy) is 1. The molecule has 1 atom stereocenters. The fourth-order valence-electron chi connectivity index (χ4n) is 1.73. The van der Waals surface area contributed by atoms with E-state index in [1.165, 1.54) is 7.11 Å². The molecule has 0 saturated carbocycles. The molecule has 1 unspecified atom stereocenters. The number of rotatable bonds is 5. The second-order valence-corrected chi connectivity index (χ2v) is 6.08. The second-order valence-electron chi connectivity index (χ2n) is 4.31. The molecule has 6 nitrogen and oxygen atoms in total. The van der Waals surface area contributed by atoms with E-state index in [-0.39, 0.29) is 11.9 Å². The zero-order chi connectivity index (χ0) is 14.0. The molecule has 1 N–H and O–H groups in total. The van der Waals surface area contributed by atoms with Crippen LogP contribution in [0.4, 0.5) is 5.69 Å². The molecule has 1 aromatic carbocycles. The Morgan fingerprint density at radius 2 is 2.21 bits per heavy atom. The first kappa shape index (κ1) is 13.8. The molecule has 7 heteroatoms. The first-order valence-electron chi connectivity index (χ1n) is 5.81. The maximum Gasteiger partial charge on any atom is 0.235 e. The van der Waals surface area contributed by atoms with Crippen molar-refractivity contribution in [1.82, 2.24) is 4.98 Å². The average Bonchev–Trinajstić information content (AvgIpc) is 2.69. The summed E-state index contributed by atoms with van der Waals surface area (Å²) in [4.78, 5) is 4.17. The van der Waals surface area contributed by atoms with E-state index in [9.17, 15) is 8.42 Å². The lowest BCUT2D eigenvalue weighted by molar-refractivity contribution is 0.136. The molecule has 2 rings (SSSR count). The normalized spacial score (nSPS) is 13.6. The molecule has 0 aliphatic carbocycles. The highest BCUT2D eigenvalue weighted by Crippen LogP contribution is 2.24. The molecular weight excluding hydrogens is 268 g/mol. The van der Waals surface area contributed by atoms with Crippen LogP contribution in [0.3, 0.4) is 0 Å². The minimum Gasteiger partial charge on any atom is -0.441 e. The van der Waals surface area contributed by atoms with Gasteiger partial charge in [-0.2, -0.15) is 0 Å². The molecular formula is C12H16N2O4S. The van der Waals surface area contributed by atoms with Crippen molar-refractivity contribution in [2.45, 2.75) is 20.0 Å². The average molecular weight is 284 g/mol. The van der Waals surface area contributed by atoms with Crippen LogP contribution < -0.4 is 4.72 Å². The van der Waals surface area contributed by atoms with Crippen molar-refractivity contribution in [2.24, 2.45) is 0 Å². The number of nitrogens with zero attached hydrogens (tertiary/aromatic N) is 1. The summed E-state index contributed by atoms with van der Waals surface area (Å²) in [6.07, 6.45) is -0.379. The molecule has 2 aromatic rings. The molecule has 0 aliphatic rings. The fraction of sp³-hybridized carbons (Fsp3) is 0.417. The molecule has 1 aromatic heterocycles. The first-order valence-corrected chi connectivity index (χ1v) is 7.46. The first-order chi connectivity index (χ1) is 8.91. The number of sulfonamides is 1. The van der Waals surface area contributed by atoms with Crippen LogP contribution in [-0.2, 0) is 14.8 Å². The van der Waals surface area contributed by atoms with Crippen LogP contribution in [0.25, 0.3) is 11.1 Å². The number of para-hydroxylation sites is 1. The molecule has 0 saturated heterocycles. The topological polar surface area (TPSA) is 81.4 Å². The summed E-state index contributed by atoms with van der Waals surface area (Å²) in [6, 6.07) is 5.11. The second kappa shape index (κ2) is 5.18. The third kappa shape index (κ3) is 3.24. The highest BCUT2D eigenvalue weighted by molar-refractivity contribution is 7.92. The molecule has 0 amide bonds. The van der Waals surface area contributed by atoms with Crippen molar-refractivity contribution in [2.75, 3.05) is 17.6 Å². The standard InChI is InChI=1S/C12H16N2O4S/c1-8(17-3)7-19(15,16)14-10-5-4-6-11-12(10)13-9(2)18-11/h4-6,8,14H,7H2,1-3H3. The lowest BCUT2D eigenvalue weighted by Crippen LogP contribution is -2.25.